The fourth-order valence-electron chi connectivity index (χ4n) is 3.31. The molecule has 0 bridgehead atoms. The highest BCUT2D eigenvalue weighted by Gasteiger charge is 2.30. The van der Waals surface area contributed by atoms with E-state index in [2.05, 4.69) is 4.98 Å². The number of amides is 2. The highest BCUT2D eigenvalue weighted by Crippen LogP contribution is 2.31. The number of hydrogen-bond acceptors (Lipinski definition) is 6. The highest BCUT2D eigenvalue weighted by atomic mass is 16.5. The molecule has 150 valence electrons. The Kier molecular flexibility index (Phi) is 5.87. The quantitative estimate of drug-likeness (QED) is 0.783. The maximum Gasteiger partial charge on any atom is 0.276 e. The average molecular weight is 387 g/mol. The van der Waals surface area contributed by atoms with Crippen molar-refractivity contribution in [2.45, 2.75) is 19.8 Å². The number of piperazine rings is 1. The van der Waals surface area contributed by atoms with E-state index in [0.29, 0.717) is 54.7 Å². The average Bonchev–Trinajstić information content (AvgIpc) is 3.22. The molecule has 8 nitrogen and oxygen atoms in total. The van der Waals surface area contributed by atoms with E-state index in [9.17, 15) is 9.59 Å². The molecule has 0 unspecified atom stereocenters. The van der Waals surface area contributed by atoms with Crippen molar-refractivity contribution < 1.29 is 23.5 Å². The number of carbonyl (C=O) groups is 2. The van der Waals surface area contributed by atoms with Crippen LogP contribution in [0.5, 0.6) is 11.5 Å². The first kappa shape index (κ1) is 19.7. The predicted molar refractivity (Wildman–Crippen MR) is 102 cm³/mol. The number of oxazole rings is 1. The second-order valence-corrected chi connectivity index (χ2v) is 6.85. The Balaban J connectivity index is 1.70. The Labute approximate surface area is 164 Å². The van der Waals surface area contributed by atoms with E-state index >= 15 is 0 Å². The number of benzene rings is 1. The third kappa shape index (κ3) is 3.67. The van der Waals surface area contributed by atoms with Gasteiger partial charge in [0.05, 0.1) is 19.8 Å². The molecule has 2 aromatic rings. The van der Waals surface area contributed by atoms with Crippen molar-refractivity contribution in [1.29, 1.82) is 0 Å². The van der Waals surface area contributed by atoms with Crippen LogP contribution in [-0.4, -0.2) is 67.0 Å². The smallest absolute Gasteiger partial charge is 0.276 e. The SMILES string of the molecule is COc1cccc(C(=O)N2CCN(C(=O)c3ncoc3C(C)C)CC2)c1OC. The Morgan fingerprint density at radius 2 is 1.68 bits per heavy atom. The second-order valence-electron chi connectivity index (χ2n) is 6.85. The van der Waals surface area contributed by atoms with Gasteiger partial charge in [-0.05, 0) is 12.1 Å². The lowest BCUT2D eigenvalue weighted by Crippen LogP contribution is -2.50. The summed E-state index contributed by atoms with van der Waals surface area (Å²) in [5, 5.41) is 0. The van der Waals surface area contributed by atoms with E-state index in [1.165, 1.54) is 20.6 Å². The number of hydrogen-bond donors (Lipinski definition) is 0. The molecular formula is C20H25N3O5. The molecule has 1 aliphatic rings. The number of ether oxygens (including phenoxy) is 2. The molecule has 3 rings (SSSR count). The molecular weight excluding hydrogens is 362 g/mol. The lowest BCUT2D eigenvalue weighted by Gasteiger charge is -2.34. The Hall–Kier alpha value is -3.03. The predicted octanol–water partition coefficient (Wildman–Crippen LogP) is 2.41. The summed E-state index contributed by atoms with van der Waals surface area (Å²) in [5.74, 6) is 1.28. The van der Waals surface area contributed by atoms with Gasteiger partial charge in [0, 0.05) is 32.1 Å². The van der Waals surface area contributed by atoms with Crippen LogP contribution in [0.2, 0.25) is 0 Å². The first-order chi connectivity index (χ1) is 13.5. The fraction of sp³-hybridized carbons (Fsp3) is 0.450. The zero-order valence-electron chi connectivity index (χ0n) is 16.6. The van der Waals surface area contributed by atoms with Crippen molar-refractivity contribution in [3.05, 3.63) is 41.6 Å². The molecule has 8 heteroatoms. The van der Waals surface area contributed by atoms with Crippen LogP contribution in [-0.2, 0) is 0 Å². The van der Waals surface area contributed by atoms with Crippen molar-refractivity contribution in [3.8, 4) is 11.5 Å². The molecule has 0 spiro atoms. The van der Waals surface area contributed by atoms with Gasteiger partial charge < -0.3 is 23.7 Å². The van der Waals surface area contributed by atoms with Crippen molar-refractivity contribution in [3.63, 3.8) is 0 Å². The normalized spacial score (nSPS) is 14.3. The molecule has 1 fully saturated rings. The Morgan fingerprint density at radius 3 is 2.25 bits per heavy atom. The summed E-state index contributed by atoms with van der Waals surface area (Å²) in [6.45, 7) is 5.63. The molecule has 1 aromatic heterocycles. The van der Waals surface area contributed by atoms with Gasteiger partial charge >= 0.3 is 0 Å². The molecule has 1 aromatic carbocycles. The van der Waals surface area contributed by atoms with Crippen molar-refractivity contribution >= 4 is 11.8 Å². The first-order valence-corrected chi connectivity index (χ1v) is 9.20. The minimum atomic E-state index is -0.163. The standard InChI is InChI=1S/C20H25N3O5/c1-13(2)17-16(21-12-28-17)20(25)23-10-8-22(9-11-23)19(24)14-6-5-7-15(26-3)18(14)27-4/h5-7,12-13H,8-11H2,1-4H3. The number of rotatable bonds is 5. The summed E-state index contributed by atoms with van der Waals surface area (Å²) in [6.07, 6.45) is 1.30. The summed E-state index contributed by atoms with van der Waals surface area (Å²) >= 11 is 0. The van der Waals surface area contributed by atoms with Crippen LogP contribution in [0, 0.1) is 0 Å². The van der Waals surface area contributed by atoms with Crippen LogP contribution in [0.15, 0.2) is 29.0 Å². The molecule has 0 saturated carbocycles. The molecule has 0 radical (unpaired) electrons. The summed E-state index contributed by atoms with van der Waals surface area (Å²) in [6, 6.07) is 5.22. The Morgan fingerprint density at radius 1 is 1.04 bits per heavy atom. The number of para-hydroxylation sites is 1. The summed E-state index contributed by atoms with van der Waals surface area (Å²) in [7, 11) is 3.04. The maximum atomic E-state index is 13.0. The van der Waals surface area contributed by atoms with Gasteiger partial charge in [-0.15, -0.1) is 0 Å². The van der Waals surface area contributed by atoms with Gasteiger partial charge in [-0.25, -0.2) is 4.98 Å². The molecule has 2 heterocycles. The molecule has 0 N–H and O–H groups in total. The van der Waals surface area contributed by atoms with Crippen LogP contribution in [0.4, 0.5) is 0 Å². The van der Waals surface area contributed by atoms with Gasteiger partial charge in [0.15, 0.2) is 23.6 Å². The van der Waals surface area contributed by atoms with E-state index in [1.54, 1.807) is 28.0 Å². The summed E-state index contributed by atoms with van der Waals surface area (Å²) in [5.41, 5.74) is 0.796. The van der Waals surface area contributed by atoms with Crippen molar-refractivity contribution in [1.82, 2.24) is 14.8 Å². The number of carbonyl (C=O) groups excluding carboxylic acids is 2. The van der Waals surface area contributed by atoms with E-state index in [0.717, 1.165) is 0 Å². The van der Waals surface area contributed by atoms with Crippen molar-refractivity contribution in [2.75, 3.05) is 40.4 Å². The third-order valence-corrected chi connectivity index (χ3v) is 4.81. The van der Waals surface area contributed by atoms with Gasteiger partial charge in [0.25, 0.3) is 11.8 Å². The minimum Gasteiger partial charge on any atom is -0.493 e. The van der Waals surface area contributed by atoms with Crippen LogP contribution in [0.25, 0.3) is 0 Å². The van der Waals surface area contributed by atoms with Gasteiger partial charge in [-0.1, -0.05) is 19.9 Å². The molecule has 0 atom stereocenters. The van der Waals surface area contributed by atoms with Gasteiger partial charge in [0.1, 0.15) is 5.76 Å². The van der Waals surface area contributed by atoms with Gasteiger partial charge in [-0.3, -0.25) is 9.59 Å². The largest absolute Gasteiger partial charge is 0.493 e. The lowest BCUT2D eigenvalue weighted by molar-refractivity contribution is 0.0529. The van der Waals surface area contributed by atoms with Crippen LogP contribution >= 0.6 is 0 Å². The highest BCUT2D eigenvalue weighted by molar-refractivity contribution is 5.98. The zero-order valence-corrected chi connectivity index (χ0v) is 16.6. The molecule has 1 aliphatic heterocycles. The van der Waals surface area contributed by atoms with Crippen LogP contribution in [0.3, 0.4) is 0 Å². The zero-order chi connectivity index (χ0) is 20.3. The van der Waals surface area contributed by atoms with E-state index < -0.39 is 0 Å². The molecule has 1 saturated heterocycles. The number of nitrogens with zero attached hydrogens (tertiary/aromatic N) is 3. The Bertz CT molecular complexity index is 853. The molecule has 2 amide bonds. The fourth-order valence-corrected chi connectivity index (χ4v) is 3.31. The summed E-state index contributed by atoms with van der Waals surface area (Å²) < 4.78 is 16.0. The maximum absolute atomic E-state index is 13.0. The molecule has 28 heavy (non-hydrogen) atoms. The van der Waals surface area contributed by atoms with Gasteiger partial charge in [-0.2, -0.15) is 0 Å². The molecule has 0 aliphatic carbocycles. The van der Waals surface area contributed by atoms with Gasteiger partial charge in [0.2, 0.25) is 0 Å². The summed E-state index contributed by atoms with van der Waals surface area (Å²) in [4.78, 5) is 33.2. The first-order valence-electron chi connectivity index (χ1n) is 9.20. The van der Waals surface area contributed by atoms with E-state index in [1.807, 2.05) is 13.8 Å². The number of aromatic nitrogens is 1. The third-order valence-electron chi connectivity index (χ3n) is 4.81. The van der Waals surface area contributed by atoms with E-state index in [4.69, 9.17) is 13.9 Å². The minimum absolute atomic E-state index is 0.0739. The number of methoxy groups -OCH3 is 2. The van der Waals surface area contributed by atoms with Crippen LogP contribution in [0.1, 0.15) is 46.4 Å². The topological polar surface area (TPSA) is 85.1 Å². The monoisotopic (exact) mass is 387 g/mol. The van der Waals surface area contributed by atoms with E-state index in [-0.39, 0.29) is 17.7 Å². The second kappa shape index (κ2) is 8.33. The lowest BCUT2D eigenvalue weighted by atomic mass is 10.1. The van der Waals surface area contributed by atoms with Crippen molar-refractivity contribution in [2.24, 2.45) is 0 Å². The van der Waals surface area contributed by atoms with Crippen LogP contribution < -0.4 is 9.47 Å².